The first-order valence-electron chi connectivity index (χ1n) is 9.72. The van der Waals surface area contributed by atoms with Crippen LogP contribution in [-0.2, 0) is 34.3 Å². The van der Waals surface area contributed by atoms with Crippen LogP contribution < -0.4 is 4.72 Å². The molecule has 3 aromatic rings. The van der Waals surface area contributed by atoms with Crippen LogP contribution >= 0.6 is 11.3 Å². The molecule has 166 valence electrons. The summed E-state index contributed by atoms with van der Waals surface area (Å²) in [6, 6.07) is 9.08. The monoisotopic (exact) mass is 472 g/mol. The largest absolute Gasteiger partial charge is 0.465 e. The molecule has 1 amide bonds. The van der Waals surface area contributed by atoms with Crippen LogP contribution in [0.4, 0.5) is 0 Å². The van der Waals surface area contributed by atoms with Crippen molar-refractivity contribution >= 4 is 33.2 Å². The highest BCUT2D eigenvalue weighted by molar-refractivity contribution is 7.91. The zero-order valence-electron chi connectivity index (χ0n) is 17.1. The molecular weight excluding hydrogens is 452 g/mol. The van der Waals surface area contributed by atoms with E-state index in [-0.39, 0.29) is 34.5 Å². The minimum Gasteiger partial charge on any atom is -0.465 e. The number of rotatable bonds is 6. The number of hydrogen-bond acceptors (Lipinski definition) is 8. The summed E-state index contributed by atoms with van der Waals surface area (Å²) in [6.07, 6.45) is 4.63. The van der Waals surface area contributed by atoms with Crippen LogP contribution in [0.2, 0.25) is 0 Å². The molecule has 0 atom stereocenters. The number of nitrogens with zero attached hydrogens (tertiary/aromatic N) is 3. The van der Waals surface area contributed by atoms with Crippen LogP contribution in [0.25, 0.3) is 0 Å². The lowest BCUT2D eigenvalue weighted by Gasteiger charge is -2.26. The summed E-state index contributed by atoms with van der Waals surface area (Å²) in [6.45, 7) is 0.581. The van der Waals surface area contributed by atoms with E-state index in [4.69, 9.17) is 4.74 Å². The first-order chi connectivity index (χ1) is 15.4. The number of esters is 1. The van der Waals surface area contributed by atoms with Crippen molar-refractivity contribution in [3.8, 4) is 0 Å². The van der Waals surface area contributed by atoms with E-state index in [0.29, 0.717) is 23.4 Å². The molecule has 0 radical (unpaired) electrons. The van der Waals surface area contributed by atoms with Crippen molar-refractivity contribution < 1.29 is 22.7 Å². The predicted molar refractivity (Wildman–Crippen MR) is 117 cm³/mol. The van der Waals surface area contributed by atoms with Gasteiger partial charge in [-0.25, -0.2) is 22.9 Å². The normalized spacial score (nSPS) is 13.5. The Morgan fingerprint density at radius 3 is 2.69 bits per heavy atom. The van der Waals surface area contributed by atoms with E-state index >= 15 is 0 Å². The zero-order chi connectivity index (χ0) is 22.7. The summed E-state index contributed by atoms with van der Waals surface area (Å²) >= 11 is 0.983. The van der Waals surface area contributed by atoms with Crippen LogP contribution in [0.5, 0.6) is 0 Å². The predicted octanol–water partition coefficient (Wildman–Crippen LogP) is 2.00. The summed E-state index contributed by atoms with van der Waals surface area (Å²) in [5.74, 6) is -1.01. The maximum Gasteiger partial charge on any atom is 0.340 e. The number of amides is 1. The molecule has 0 aliphatic carbocycles. The number of carbonyl (C=O) groups excluding carboxylic acids is 2. The lowest BCUT2D eigenvalue weighted by Crippen LogP contribution is -2.36. The van der Waals surface area contributed by atoms with Gasteiger partial charge < -0.3 is 9.64 Å². The first kappa shape index (κ1) is 22.1. The smallest absolute Gasteiger partial charge is 0.340 e. The second-order valence-corrected chi connectivity index (χ2v) is 10.1. The molecule has 2 aromatic heterocycles. The Balaban J connectivity index is 1.64. The van der Waals surface area contributed by atoms with E-state index in [1.807, 2.05) is 18.2 Å². The number of benzene rings is 1. The highest BCUT2D eigenvalue weighted by Gasteiger charge is 2.35. The van der Waals surface area contributed by atoms with Gasteiger partial charge in [0, 0.05) is 30.4 Å². The van der Waals surface area contributed by atoms with Crippen LogP contribution in [0.3, 0.4) is 0 Å². The minimum atomic E-state index is -3.99. The van der Waals surface area contributed by atoms with Crippen molar-refractivity contribution in [2.24, 2.45) is 0 Å². The van der Waals surface area contributed by atoms with Gasteiger partial charge in [-0.1, -0.05) is 30.3 Å². The van der Waals surface area contributed by atoms with Crippen molar-refractivity contribution in [2.45, 2.75) is 23.7 Å². The average molecular weight is 473 g/mol. The summed E-state index contributed by atoms with van der Waals surface area (Å²) in [7, 11) is -2.77. The summed E-state index contributed by atoms with van der Waals surface area (Å²) in [5.41, 5.74) is 1.64. The number of fused-ring (bicyclic) bond motifs is 1. The number of thiophene rings is 1. The Hall–Kier alpha value is -3.15. The van der Waals surface area contributed by atoms with E-state index in [0.717, 1.165) is 16.9 Å². The fourth-order valence-electron chi connectivity index (χ4n) is 3.46. The van der Waals surface area contributed by atoms with Gasteiger partial charge in [-0.15, -0.1) is 11.3 Å². The van der Waals surface area contributed by atoms with Gasteiger partial charge in [-0.2, -0.15) is 0 Å². The molecule has 3 heterocycles. The summed E-state index contributed by atoms with van der Waals surface area (Å²) in [4.78, 5) is 35.4. The molecular formula is C21H20N4O5S2. The number of methoxy groups -OCH3 is 1. The van der Waals surface area contributed by atoms with E-state index in [2.05, 4.69) is 14.7 Å². The number of ether oxygens (including phenoxy) is 1. The summed E-state index contributed by atoms with van der Waals surface area (Å²) in [5, 5.41) is 0. The van der Waals surface area contributed by atoms with E-state index < -0.39 is 16.0 Å². The number of carbonyl (C=O) groups is 2. The molecule has 0 bridgehead atoms. The van der Waals surface area contributed by atoms with Gasteiger partial charge in [0.25, 0.3) is 15.9 Å². The Morgan fingerprint density at radius 2 is 2.00 bits per heavy atom. The first-order valence-corrected chi connectivity index (χ1v) is 12.0. The number of hydrogen-bond donors (Lipinski definition) is 1. The molecule has 1 aliphatic heterocycles. The molecule has 9 nitrogen and oxygen atoms in total. The fraction of sp³-hybridized carbons (Fsp3) is 0.238. The molecule has 4 rings (SSSR count). The Kier molecular flexibility index (Phi) is 6.31. The van der Waals surface area contributed by atoms with Crippen molar-refractivity contribution in [1.29, 1.82) is 0 Å². The van der Waals surface area contributed by atoms with Gasteiger partial charge in [0.2, 0.25) is 0 Å². The number of sulfonamides is 1. The fourth-order valence-corrected chi connectivity index (χ4v) is 6.42. The Bertz CT molecular complexity index is 1240. The van der Waals surface area contributed by atoms with E-state index in [1.165, 1.54) is 25.7 Å². The second-order valence-electron chi connectivity index (χ2n) is 7.04. The van der Waals surface area contributed by atoms with Gasteiger partial charge in [0.15, 0.2) is 0 Å². The molecule has 11 heteroatoms. The maximum atomic E-state index is 13.1. The van der Waals surface area contributed by atoms with Crippen molar-refractivity contribution in [1.82, 2.24) is 19.6 Å². The highest BCUT2D eigenvalue weighted by Crippen LogP contribution is 2.37. The summed E-state index contributed by atoms with van der Waals surface area (Å²) < 4.78 is 33.5. The molecule has 1 aliphatic rings. The second kappa shape index (κ2) is 9.15. The topological polar surface area (TPSA) is 119 Å². The molecule has 0 saturated carbocycles. The van der Waals surface area contributed by atoms with Crippen molar-refractivity contribution in [2.75, 3.05) is 13.7 Å². The third-order valence-electron chi connectivity index (χ3n) is 5.04. The lowest BCUT2D eigenvalue weighted by atomic mass is 10.0. The minimum absolute atomic E-state index is 0.0414. The molecule has 0 saturated heterocycles. The van der Waals surface area contributed by atoms with Gasteiger partial charge in [-0.3, -0.25) is 9.78 Å². The quantitative estimate of drug-likeness (QED) is 0.545. The van der Waals surface area contributed by atoms with Crippen molar-refractivity contribution in [3.05, 3.63) is 76.2 Å². The van der Waals surface area contributed by atoms with E-state index in [9.17, 15) is 18.0 Å². The third-order valence-corrected chi connectivity index (χ3v) is 8.17. The Labute approximate surface area is 189 Å². The average Bonchev–Trinajstić information content (AvgIpc) is 3.23. The van der Waals surface area contributed by atoms with Crippen LogP contribution in [0.15, 0.2) is 53.1 Å². The van der Waals surface area contributed by atoms with Gasteiger partial charge in [0.1, 0.15) is 9.90 Å². The molecule has 0 fully saturated rings. The van der Waals surface area contributed by atoms with Crippen LogP contribution in [0.1, 0.15) is 36.9 Å². The van der Waals surface area contributed by atoms with E-state index in [1.54, 1.807) is 17.0 Å². The lowest BCUT2D eigenvalue weighted by molar-refractivity contribution is 0.0595. The molecule has 0 unspecified atom stereocenters. The van der Waals surface area contributed by atoms with Gasteiger partial charge in [-0.05, 0) is 17.5 Å². The molecule has 1 aromatic carbocycles. The standard InChI is InChI=1S/C21H20N4O5S2/c1-30-20(27)18-15-7-10-25(19(26)16-12-22-8-9-23-16)13-17(15)31-21(18)32(28,29)24-11-14-5-3-2-4-6-14/h2-6,8-9,12,24H,7,10-11,13H2,1H3. The van der Waals surface area contributed by atoms with Crippen LogP contribution in [0, 0.1) is 0 Å². The molecule has 0 spiro atoms. The maximum absolute atomic E-state index is 13.1. The third kappa shape index (κ3) is 4.40. The number of nitrogens with one attached hydrogen (secondary N) is 1. The van der Waals surface area contributed by atoms with Gasteiger partial charge >= 0.3 is 5.97 Å². The SMILES string of the molecule is COC(=O)c1c(S(=O)(=O)NCc2ccccc2)sc2c1CCN(C(=O)c1cnccn1)C2. The Morgan fingerprint density at radius 1 is 1.22 bits per heavy atom. The molecule has 1 N–H and O–H groups in total. The van der Waals surface area contributed by atoms with Crippen molar-refractivity contribution in [3.63, 3.8) is 0 Å². The van der Waals surface area contributed by atoms with Crippen LogP contribution in [-0.4, -0.2) is 48.8 Å². The van der Waals surface area contributed by atoms with Gasteiger partial charge in [0.05, 0.1) is 25.4 Å². The zero-order valence-corrected chi connectivity index (χ0v) is 18.8. The molecule has 32 heavy (non-hydrogen) atoms. The number of aromatic nitrogens is 2. The highest BCUT2D eigenvalue weighted by atomic mass is 32.2.